The molecule has 1 unspecified atom stereocenters. The summed E-state index contributed by atoms with van der Waals surface area (Å²) in [5.74, 6) is -0.277. The Hall–Kier alpha value is -1.17. The Balaban J connectivity index is 1.93. The summed E-state index contributed by atoms with van der Waals surface area (Å²) in [6.45, 7) is 3.23. The number of hydrogen-bond donors (Lipinski definition) is 2. The van der Waals surface area contributed by atoms with E-state index in [9.17, 15) is 9.18 Å². The molecule has 4 nitrogen and oxygen atoms in total. The van der Waals surface area contributed by atoms with E-state index in [0.29, 0.717) is 31.2 Å². The molecule has 1 fully saturated rings. The fourth-order valence-electron chi connectivity index (χ4n) is 2.64. The van der Waals surface area contributed by atoms with E-state index in [1.165, 1.54) is 12.1 Å². The molecule has 1 aromatic carbocycles. The summed E-state index contributed by atoms with van der Waals surface area (Å²) < 4.78 is 13.1. The van der Waals surface area contributed by atoms with Crippen LogP contribution in [-0.2, 0) is 11.3 Å². The molecule has 116 valence electrons. The molecule has 0 radical (unpaired) electrons. The fraction of sp³-hybridized carbons (Fsp3) is 0.533. The van der Waals surface area contributed by atoms with Crippen LogP contribution in [0.15, 0.2) is 18.2 Å². The molecule has 1 saturated heterocycles. The second-order valence-corrected chi connectivity index (χ2v) is 5.80. The van der Waals surface area contributed by atoms with Gasteiger partial charge in [-0.2, -0.15) is 0 Å². The van der Waals surface area contributed by atoms with Gasteiger partial charge in [0.15, 0.2) is 0 Å². The zero-order valence-electron chi connectivity index (χ0n) is 11.9. The third-order valence-corrected chi connectivity index (χ3v) is 4.08. The van der Waals surface area contributed by atoms with Gasteiger partial charge in [-0.15, -0.1) is 0 Å². The van der Waals surface area contributed by atoms with Crippen LogP contribution in [0, 0.1) is 11.7 Å². The average molecular weight is 314 g/mol. The number of rotatable bonds is 5. The number of carbonyl (C=O) groups excluding carboxylic acids is 1. The highest BCUT2D eigenvalue weighted by atomic mass is 35.5. The van der Waals surface area contributed by atoms with Crippen molar-refractivity contribution in [2.24, 2.45) is 11.7 Å². The first-order chi connectivity index (χ1) is 10.1. The number of nitrogens with zero attached hydrogens (tertiary/aromatic N) is 1. The van der Waals surface area contributed by atoms with Crippen LogP contribution in [0.3, 0.4) is 0 Å². The van der Waals surface area contributed by atoms with Crippen molar-refractivity contribution in [3.8, 4) is 0 Å². The minimum absolute atomic E-state index is 0.00970. The summed E-state index contributed by atoms with van der Waals surface area (Å²) in [7, 11) is 0. The van der Waals surface area contributed by atoms with Crippen LogP contribution in [0.5, 0.6) is 0 Å². The lowest BCUT2D eigenvalue weighted by molar-refractivity contribution is -0.126. The molecular weight excluding hydrogens is 293 g/mol. The minimum atomic E-state index is -0.332. The van der Waals surface area contributed by atoms with Crippen molar-refractivity contribution in [1.29, 1.82) is 0 Å². The van der Waals surface area contributed by atoms with Gasteiger partial charge in [0.05, 0.1) is 5.92 Å². The Kier molecular flexibility index (Phi) is 5.96. The lowest BCUT2D eigenvalue weighted by Crippen LogP contribution is -2.43. The summed E-state index contributed by atoms with van der Waals surface area (Å²) in [4.78, 5) is 14.2. The molecule has 1 heterocycles. The number of halogens is 2. The summed E-state index contributed by atoms with van der Waals surface area (Å²) in [5, 5.41) is 3.27. The van der Waals surface area contributed by atoms with Gasteiger partial charge < -0.3 is 11.1 Å². The maximum Gasteiger partial charge on any atom is 0.224 e. The van der Waals surface area contributed by atoms with Gasteiger partial charge >= 0.3 is 0 Å². The number of nitrogens with two attached hydrogens (primary N) is 1. The Morgan fingerprint density at radius 1 is 1.52 bits per heavy atom. The van der Waals surface area contributed by atoms with Crippen LogP contribution >= 0.6 is 11.6 Å². The molecule has 0 bridgehead atoms. The van der Waals surface area contributed by atoms with Crippen molar-refractivity contribution in [2.45, 2.75) is 19.4 Å². The van der Waals surface area contributed by atoms with Gasteiger partial charge in [0.1, 0.15) is 5.82 Å². The van der Waals surface area contributed by atoms with Gasteiger partial charge in [-0.25, -0.2) is 4.39 Å². The van der Waals surface area contributed by atoms with E-state index in [1.54, 1.807) is 6.07 Å². The minimum Gasteiger partial charge on any atom is -0.355 e. The van der Waals surface area contributed by atoms with E-state index in [0.717, 1.165) is 24.9 Å². The number of amides is 1. The predicted octanol–water partition coefficient (Wildman–Crippen LogP) is 1.77. The van der Waals surface area contributed by atoms with E-state index in [2.05, 4.69) is 10.2 Å². The van der Waals surface area contributed by atoms with Gasteiger partial charge in [0.2, 0.25) is 5.91 Å². The monoisotopic (exact) mass is 313 g/mol. The quantitative estimate of drug-likeness (QED) is 0.871. The Morgan fingerprint density at radius 3 is 3.05 bits per heavy atom. The first-order valence-electron chi connectivity index (χ1n) is 7.24. The van der Waals surface area contributed by atoms with Crippen LogP contribution in [0.2, 0.25) is 5.02 Å². The van der Waals surface area contributed by atoms with Crippen molar-refractivity contribution < 1.29 is 9.18 Å². The van der Waals surface area contributed by atoms with Crippen molar-refractivity contribution in [2.75, 3.05) is 26.2 Å². The molecule has 1 aromatic rings. The molecule has 0 spiro atoms. The summed E-state index contributed by atoms with van der Waals surface area (Å²) in [6.07, 6.45) is 1.86. The highest BCUT2D eigenvalue weighted by Gasteiger charge is 2.25. The predicted molar refractivity (Wildman–Crippen MR) is 81.5 cm³/mol. The molecule has 6 heteroatoms. The van der Waals surface area contributed by atoms with Gasteiger partial charge in [-0.1, -0.05) is 17.7 Å². The third kappa shape index (κ3) is 4.66. The molecule has 1 atom stereocenters. The van der Waals surface area contributed by atoms with Crippen molar-refractivity contribution in [3.05, 3.63) is 34.6 Å². The molecule has 2 rings (SSSR count). The zero-order valence-corrected chi connectivity index (χ0v) is 12.7. The number of likely N-dealkylation sites (tertiary alicyclic amines) is 1. The van der Waals surface area contributed by atoms with Crippen LogP contribution in [0.1, 0.15) is 18.4 Å². The second-order valence-electron chi connectivity index (χ2n) is 5.39. The first kappa shape index (κ1) is 16.2. The highest BCUT2D eigenvalue weighted by molar-refractivity contribution is 6.31. The van der Waals surface area contributed by atoms with Crippen LogP contribution in [0.4, 0.5) is 4.39 Å². The van der Waals surface area contributed by atoms with Gasteiger partial charge in [-0.3, -0.25) is 9.69 Å². The van der Waals surface area contributed by atoms with E-state index in [4.69, 9.17) is 17.3 Å². The summed E-state index contributed by atoms with van der Waals surface area (Å²) >= 11 is 6.06. The normalized spacial score (nSPS) is 19.5. The Labute approximate surface area is 129 Å². The molecular formula is C15H21ClFN3O. The molecule has 1 aliphatic rings. The number of carbonyl (C=O) groups is 1. The average Bonchev–Trinajstić information content (AvgIpc) is 2.48. The molecule has 0 saturated carbocycles. The van der Waals surface area contributed by atoms with E-state index in [1.807, 2.05) is 0 Å². The third-order valence-electron chi connectivity index (χ3n) is 3.73. The SMILES string of the molecule is NCCNC(=O)C1CCCN(Cc2ccc(F)cc2Cl)C1. The maximum atomic E-state index is 13.1. The maximum absolute atomic E-state index is 13.1. The van der Waals surface area contributed by atoms with Crippen molar-refractivity contribution >= 4 is 17.5 Å². The Bertz CT molecular complexity index is 498. The van der Waals surface area contributed by atoms with Crippen molar-refractivity contribution in [1.82, 2.24) is 10.2 Å². The first-order valence-corrected chi connectivity index (χ1v) is 7.62. The smallest absolute Gasteiger partial charge is 0.224 e. The largest absolute Gasteiger partial charge is 0.355 e. The van der Waals surface area contributed by atoms with Gasteiger partial charge in [0.25, 0.3) is 0 Å². The zero-order chi connectivity index (χ0) is 15.2. The fourth-order valence-corrected chi connectivity index (χ4v) is 2.87. The number of hydrogen-bond acceptors (Lipinski definition) is 3. The van der Waals surface area contributed by atoms with Crippen LogP contribution in [-0.4, -0.2) is 37.0 Å². The van der Waals surface area contributed by atoms with E-state index in [-0.39, 0.29) is 17.6 Å². The van der Waals surface area contributed by atoms with Gasteiger partial charge in [-0.05, 0) is 37.1 Å². The topological polar surface area (TPSA) is 58.4 Å². The van der Waals surface area contributed by atoms with Crippen LogP contribution < -0.4 is 11.1 Å². The van der Waals surface area contributed by atoms with E-state index < -0.39 is 0 Å². The summed E-state index contributed by atoms with van der Waals surface area (Å²) in [6, 6.07) is 4.44. The molecule has 3 N–H and O–H groups in total. The number of benzene rings is 1. The molecule has 1 aliphatic heterocycles. The molecule has 0 aliphatic carbocycles. The standard InChI is InChI=1S/C15H21ClFN3O/c16-14-8-13(17)4-3-11(14)9-20-7-1-2-12(10-20)15(21)19-6-5-18/h3-4,8,12H,1-2,5-7,9-10,18H2,(H,19,21). The van der Waals surface area contributed by atoms with Gasteiger partial charge in [0, 0.05) is 31.2 Å². The highest BCUT2D eigenvalue weighted by Crippen LogP contribution is 2.23. The lowest BCUT2D eigenvalue weighted by Gasteiger charge is -2.32. The molecule has 0 aromatic heterocycles. The lowest BCUT2D eigenvalue weighted by atomic mass is 9.96. The molecule has 1 amide bonds. The molecule has 21 heavy (non-hydrogen) atoms. The van der Waals surface area contributed by atoms with Crippen LogP contribution in [0.25, 0.3) is 0 Å². The number of nitrogens with one attached hydrogen (secondary N) is 1. The second kappa shape index (κ2) is 7.73. The van der Waals surface area contributed by atoms with E-state index >= 15 is 0 Å². The number of piperidine rings is 1. The van der Waals surface area contributed by atoms with Crippen molar-refractivity contribution in [3.63, 3.8) is 0 Å². The Morgan fingerprint density at radius 2 is 2.33 bits per heavy atom. The summed E-state index contributed by atoms with van der Waals surface area (Å²) in [5.41, 5.74) is 6.28.